The number of rotatable bonds is 2. The molecule has 0 heterocycles. The molecular formula is C19H25. The van der Waals surface area contributed by atoms with Gasteiger partial charge in [-0.2, -0.15) is 0 Å². The van der Waals surface area contributed by atoms with Gasteiger partial charge in [-0.05, 0) is 55.3 Å². The van der Waals surface area contributed by atoms with Gasteiger partial charge in [0.15, 0.2) is 0 Å². The van der Waals surface area contributed by atoms with Gasteiger partial charge in [0.05, 0.1) is 0 Å². The van der Waals surface area contributed by atoms with Crippen LogP contribution in [0, 0.1) is 54.3 Å². The van der Waals surface area contributed by atoms with Crippen LogP contribution in [-0.2, 0) is 0 Å². The van der Waals surface area contributed by atoms with Gasteiger partial charge < -0.3 is 0 Å². The third kappa shape index (κ3) is 2.56. The van der Waals surface area contributed by atoms with Crippen molar-refractivity contribution in [3.8, 4) is 0 Å². The predicted octanol–water partition coefficient (Wildman–Crippen LogP) is 4.97. The van der Waals surface area contributed by atoms with Gasteiger partial charge in [0, 0.05) is 11.8 Å². The summed E-state index contributed by atoms with van der Waals surface area (Å²) >= 11 is 0. The molecule has 2 saturated carbocycles. The summed E-state index contributed by atoms with van der Waals surface area (Å²) in [7, 11) is 0. The fourth-order valence-corrected chi connectivity index (χ4v) is 4.06. The Hall–Kier alpha value is -0.520. The van der Waals surface area contributed by atoms with E-state index in [2.05, 4.69) is 57.9 Å². The summed E-state index contributed by atoms with van der Waals surface area (Å²) in [6.07, 6.45) is 17.8. The van der Waals surface area contributed by atoms with Gasteiger partial charge >= 0.3 is 0 Å². The summed E-state index contributed by atoms with van der Waals surface area (Å²) in [5.74, 6) is 7.83. The molecule has 5 radical (unpaired) electrons. The van der Waals surface area contributed by atoms with E-state index in [-0.39, 0.29) is 0 Å². The highest BCUT2D eigenvalue weighted by atomic mass is 14.5. The Morgan fingerprint density at radius 1 is 1.05 bits per heavy atom. The maximum absolute atomic E-state index is 2.43. The molecule has 0 bridgehead atoms. The van der Waals surface area contributed by atoms with E-state index in [4.69, 9.17) is 0 Å². The van der Waals surface area contributed by atoms with Crippen molar-refractivity contribution in [1.29, 1.82) is 0 Å². The molecule has 0 N–H and O–H groups in total. The second-order valence-electron chi connectivity index (χ2n) is 6.81. The van der Waals surface area contributed by atoms with Crippen LogP contribution in [0.2, 0.25) is 0 Å². The molecule has 3 aliphatic carbocycles. The van der Waals surface area contributed by atoms with Gasteiger partial charge in [0.25, 0.3) is 0 Å². The highest BCUT2D eigenvalue weighted by Crippen LogP contribution is 2.54. The zero-order valence-corrected chi connectivity index (χ0v) is 12.4. The van der Waals surface area contributed by atoms with E-state index in [9.17, 15) is 0 Å². The fourth-order valence-electron chi connectivity index (χ4n) is 4.06. The first-order chi connectivity index (χ1) is 9.16. The molecule has 3 atom stereocenters. The molecule has 3 rings (SSSR count). The second kappa shape index (κ2) is 5.46. The fraction of sp³-hybridized carbons (Fsp3) is 0.526. The maximum atomic E-state index is 2.43. The van der Waals surface area contributed by atoms with Crippen molar-refractivity contribution in [2.75, 3.05) is 0 Å². The Bertz CT molecular complexity index is 362. The van der Waals surface area contributed by atoms with Crippen molar-refractivity contribution in [1.82, 2.24) is 0 Å². The van der Waals surface area contributed by atoms with Gasteiger partial charge in [-0.1, -0.05) is 51.5 Å². The van der Waals surface area contributed by atoms with E-state index in [1.807, 2.05) is 0 Å². The maximum Gasteiger partial charge on any atom is 0.0161 e. The van der Waals surface area contributed by atoms with E-state index in [0.717, 1.165) is 23.7 Å². The van der Waals surface area contributed by atoms with Crippen molar-refractivity contribution < 1.29 is 0 Å². The topological polar surface area (TPSA) is 0 Å². The van der Waals surface area contributed by atoms with Crippen molar-refractivity contribution in [2.45, 2.75) is 40.0 Å². The van der Waals surface area contributed by atoms with E-state index >= 15 is 0 Å². The lowest BCUT2D eigenvalue weighted by atomic mass is 9.63. The van der Waals surface area contributed by atoms with Crippen LogP contribution < -0.4 is 0 Å². The smallest absolute Gasteiger partial charge is 0.0161 e. The number of hydrogen-bond acceptors (Lipinski definition) is 0. The van der Waals surface area contributed by atoms with Crippen LogP contribution in [0.5, 0.6) is 0 Å². The molecule has 0 amide bonds. The van der Waals surface area contributed by atoms with Crippen molar-refractivity contribution >= 4 is 0 Å². The Morgan fingerprint density at radius 2 is 1.84 bits per heavy atom. The Balaban J connectivity index is 1.78. The predicted molar refractivity (Wildman–Crippen MR) is 81.4 cm³/mol. The van der Waals surface area contributed by atoms with E-state index in [0.29, 0.717) is 0 Å². The third-order valence-corrected chi connectivity index (χ3v) is 5.14. The van der Waals surface area contributed by atoms with E-state index < -0.39 is 0 Å². The molecule has 3 aliphatic rings. The van der Waals surface area contributed by atoms with Crippen LogP contribution in [0.15, 0.2) is 24.3 Å². The van der Waals surface area contributed by atoms with Crippen molar-refractivity contribution in [3.63, 3.8) is 0 Å². The summed E-state index contributed by atoms with van der Waals surface area (Å²) in [4.78, 5) is 0. The Labute approximate surface area is 119 Å². The third-order valence-electron chi connectivity index (χ3n) is 5.14. The van der Waals surface area contributed by atoms with Gasteiger partial charge in [0.2, 0.25) is 0 Å². The van der Waals surface area contributed by atoms with E-state index in [1.165, 1.54) is 31.1 Å². The average Bonchev–Trinajstić information content (AvgIpc) is 2.82. The monoisotopic (exact) mass is 253 g/mol. The first-order valence-corrected chi connectivity index (χ1v) is 7.81. The molecule has 0 aromatic heterocycles. The Morgan fingerprint density at radius 3 is 2.63 bits per heavy atom. The van der Waals surface area contributed by atoms with Gasteiger partial charge in [-0.25, -0.2) is 0 Å². The largest absolute Gasteiger partial charge is 0.0762 e. The summed E-state index contributed by atoms with van der Waals surface area (Å²) in [5, 5.41) is 0. The number of fused-ring (bicyclic) bond motifs is 1. The molecular weight excluding hydrogens is 228 g/mol. The van der Waals surface area contributed by atoms with Crippen molar-refractivity contribution in [3.05, 3.63) is 54.9 Å². The van der Waals surface area contributed by atoms with Gasteiger partial charge in [-0.15, -0.1) is 0 Å². The molecule has 0 aromatic carbocycles. The quantitative estimate of drug-likeness (QED) is 0.652. The molecule has 2 fully saturated rings. The van der Waals surface area contributed by atoms with Crippen LogP contribution in [0.3, 0.4) is 0 Å². The number of allylic oxidation sites excluding steroid dienone is 4. The molecule has 0 aliphatic heterocycles. The van der Waals surface area contributed by atoms with Gasteiger partial charge in [-0.3, -0.25) is 0 Å². The highest BCUT2D eigenvalue weighted by Gasteiger charge is 2.44. The summed E-state index contributed by atoms with van der Waals surface area (Å²) < 4.78 is 0. The van der Waals surface area contributed by atoms with Crippen molar-refractivity contribution in [2.24, 2.45) is 23.7 Å². The summed E-state index contributed by atoms with van der Waals surface area (Å²) in [6.45, 7) is 7.23. The minimum absolute atomic E-state index is 0.767. The standard InChI is InChI=1S/C19H25/c1-13(2)16-10-8-14(3)12-19(16)18-11-9-15-6-4-5-7-17(15)18/h4-7,9,11,13-14,16,19H,8,10,12H2,1-3H3/t14-,16-,19+/m1/s1. The van der Waals surface area contributed by atoms with E-state index in [1.54, 1.807) is 5.92 Å². The Kier molecular flexibility index (Phi) is 3.87. The molecule has 19 heavy (non-hydrogen) atoms. The van der Waals surface area contributed by atoms with Crippen LogP contribution >= 0.6 is 0 Å². The first kappa shape index (κ1) is 13.5. The van der Waals surface area contributed by atoms with Gasteiger partial charge in [0.1, 0.15) is 0 Å². The average molecular weight is 253 g/mol. The minimum atomic E-state index is 0.767. The molecule has 0 unspecified atom stereocenters. The summed E-state index contributed by atoms with van der Waals surface area (Å²) in [5.41, 5.74) is 0. The minimum Gasteiger partial charge on any atom is -0.0762 e. The van der Waals surface area contributed by atoms with Crippen LogP contribution in [0.25, 0.3) is 0 Å². The first-order valence-electron chi connectivity index (χ1n) is 7.81. The summed E-state index contributed by atoms with van der Waals surface area (Å²) in [6, 6.07) is 0. The lowest BCUT2D eigenvalue weighted by molar-refractivity contribution is 0.158. The normalized spacial score (nSPS) is 37.2. The molecule has 0 nitrogen and oxygen atoms in total. The lowest BCUT2D eigenvalue weighted by Crippen LogP contribution is -2.33. The lowest BCUT2D eigenvalue weighted by Gasteiger charge is -2.42. The molecule has 0 saturated heterocycles. The molecule has 0 spiro atoms. The van der Waals surface area contributed by atoms with Crippen LogP contribution in [0.4, 0.5) is 0 Å². The molecule has 101 valence electrons. The SMILES string of the molecule is CC(C)[C@H]1CC[C@@H](C)C[C@@H]1[C]1[CH][CH][C]2C=CC=C[C]21. The zero-order chi connectivity index (χ0) is 13.4. The zero-order valence-electron chi connectivity index (χ0n) is 12.4. The molecule has 0 aromatic rings. The van der Waals surface area contributed by atoms with Crippen LogP contribution in [-0.4, -0.2) is 0 Å². The molecule has 0 heteroatoms. The second-order valence-corrected chi connectivity index (χ2v) is 6.81. The van der Waals surface area contributed by atoms with Crippen LogP contribution in [0.1, 0.15) is 40.0 Å². The number of hydrogen-bond donors (Lipinski definition) is 0. The highest BCUT2D eigenvalue weighted by molar-refractivity contribution is 5.62.